The highest BCUT2D eigenvalue weighted by Crippen LogP contribution is 2.26. The van der Waals surface area contributed by atoms with Crippen molar-refractivity contribution in [3.05, 3.63) is 40.0 Å². The van der Waals surface area contributed by atoms with Gasteiger partial charge in [-0.3, -0.25) is 4.72 Å². The van der Waals surface area contributed by atoms with Gasteiger partial charge in [-0.25, -0.2) is 13.4 Å². The highest BCUT2D eigenvalue weighted by Gasteiger charge is 2.18. The maximum absolute atomic E-state index is 12.2. The lowest BCUT2D eigenvalue weighted by Crippen LogP contribution is -2.12. The normalized spacial score (nSPS) is 11.1. The molecule has 0 aromatic carbocycles. The predicted molar refractivity (Wildman–Crippen MR) is 78.5 cm³/mol. The summed E-state index contributed by atoms with van der Waals surface area (Å²) in [6, 6.07) is 6.50. The number of sulfonamides is 1. The number of aryl methyl sites for hydroxylation is 1. The smallest absolute Gasteiger partial charge is 0.271 e. The number of hydrogen-bond acceptors (Lipinski definition) is 5. The second kappa shape index (κ2) is 5.79. The van der Waals surface area contributed by atoms with Gasteiger partial charge in [0, 0.05) is 4.88 Å². The summed E-state index contributed by atoms with van der Waals surface area (Å²) in [5.41, 5.74) is 0.240. The van der Waals surface area contributed by atoms with Gasteiger partial charge in [-0.1, -0.05) is 18.5 Å². The first-order chi connectivity index (χ1) is 9.46. The number of pyridine rings is 1. The summed E-state index contributed by atoms with van der Waals surface area (Å²) in [5, 5.41) is 9.12. The van der Waals surface area contributed by atoms with E-state index in [2.05, 4.69) is 9.71 Å². The molecule has 20 heavy (non-hydrogen) atoms. The van der Waals surface area contributed by atoms with Gasteiger partial charge in [-0.05, 0) is 24.6 Å². The summed E-state index contributed by atoms with van der Waals surface area (Å²) in [6.07, 6.45) is 2.00. The minimum atomic E-state index is -3.71. The second-order valence-electron chi connectivity index (χ2n) is 3.84. The molecule has 2 rings (SSSR count). The molecule has 0 aliphatic rings. The van der Waals surface area contributed by atoms with Crippen molar-refractivity contribution >= 4 is 38.6 Å². The van der Waals surface area contributed by atoms with Crippen LogP contribution in [0, 0.1) is 11.3 Å². The Morgan fingerprint density at radius 2 is 2.25 bits per heavy atom. The van der Waals surface area contributed by atoms with Crippen LogP contribution >= 0.6 is 22.9 Å². The first-order valence-corrected chi connectivity index (χ1v) is 8.31. The van der Waals surface area contributed by atoms with Crippen LogP contribution in [0.15, 0.2) is 28.6 Å². The molecule has 0 spiro atoms. The van der Waals surface area contributed by atoms with Crippen LogP contribution in [0.4, 0.5) is 5.69 Å². The Hall–Kier alpha value is -1.62. The minimum absolute atomic E-state index is 0.114. The monoisotopic (exact) mass is 327 g/mol. The van der Waals surface area contributed by atoms with Gasteiger partial charge < -0.3 is 0 Å². The predicted octanol–water partition coefficient (Wildman–Crippen LogP) is 3.03. The number of hydrogen-bond donors (Lipinski definition) is 1. The van der Waals surface area contributed by atoms with E-state index in [1.165, 1.54) is 23.6 Å². The Morgan fingerprint density at radius 3 is 2.85 bits per heavy atom. The molecule has 0 fully saturated rings. The van der Waals surface area contributed by atoms with Crippen LogP contribution in [0.25, 0.3) is 0 Å². The molecule has 2 aromatic rings. The summed E-state index contributed by atoms with van der Waals surface area (Å²) in [4.78, 5) is 4.75. The number of nitriles is 1. The Bertz CT molecular complexity index is 778. The van der Waals surface area contributed by atoms with E-state index < -0.39 is 10.0 Å². The van der Waals surface area contributed by atoms with Crippen LogP contribution in [0.5, 0.6) is 0 Å². The standard InChI is InChI=1S/C12H10ClN3O2S2/c1-2-9-3-4-12(19-9)20(17,18)16-10-7-15-11(13)5-8(10)6-14/h3-5,7,16H,2H2,1H3. The number of aromatic nitrogens is 1. The molecule has 0 bridgehead atoms. The molecule has 104 valence electrons. The van der Waals surface area contributed by atoms with Gasteiger partial charge in [-0.15, -0.1) is 11.3 Å². The molecule has 0 aliphatic heterocycles. The molecule has 5 nitrogen and oxygen atoms in total. The Morgan fingerprint density at radius 1 is 1.50 bits per heavy atom. The number of halogens is 1. The maximum atomic E-state index is 12.2. The van der Waals surface area contributed by atoms with Crippen molar-refractivity contribution < 1.29 is 8.42 Å². The number of rotatable bonds is 4. The second-order valence-corrected chi connectivity index (χ2v) is 7.31. The molecule has 0 amide bonds. The summed E-state index contributed by atoms with van der Waals surface area (Å²) < 4.78 is 27.0. The van der Waals surface area contributed by atoms with Crippen LogP contribution < -0.4 is 4.72 Å². The molecule has 0 saturated carbocycles. The van der Waals surface area contributed by atoms with E-state index in [-0.39, 0.29) is 20.6 Å². The number of nitrogens with one attached hydrogen (secondary N) is 1. The van der Waals surface area contributed by atoms with Crippen LogP contribution in [0.3, 0.4) is 0 Å². The van der Waals surface area contributed by atoms with Gasteiger partial charge in [0.2, 0.25) is 0 Å². The van der Waals surface area contributed by atoms with E-state index in [4.69, 9.17) is 16.9 Å². The first-order valence-electron chi connectivity index (χ1n) is 5.63. The van der Waals surface area contributed by atoms with Crippen molar-refractivity contribution in [1.82, 2.24) is 4.98 Å². The van der Waals surface area contributed by atoms with Crippen LogP contribution in [0.1, 0.15) is 17.4 Å². The summed E-state index contributed by atoms with van der Waals surface area (Å²) in [6.45, 7) is 1.95. The fourth-order valence-corrected chi connectivity index (χ4v) is 4.01. The van der Waals surface area contributed by atoms with E-state index in [9.17, 15) is 8.42 Å². The molecule has 0 radical (unpaired) electrons. The lowest BCUT2D eigenvalue weighted by Gasteiger charge is -2.07. The van der Waals surface area contributed by atoms with E-state index in [1.54, 1.807) is 12.1 Å². The van der Waals surface area contributed by atoms with Gasteiger partial charge in [-0.2, -0.15) is 5.26 Å². The third kappa shape index (κ3) is 3.10. The summed E-state index contributed by atoms with van der Waals surface area (Å²) >= 11 is 6.86. The third-order valence-electron chi connectivity index (χ3n) is 2.49. The highest BCUT2D eigenvalue weighted by atomic mass is 35.5. The van der Waals surface area contributed by atoms with Crippen molar-refractivity contribution in [2.24, 2.45) is 0 Å². The molecule has 0 atom stereocenters. The number of thiophene rings is 1. The van der Waals surface area contributed by atoms with Crippen LogP contribution in [0.2, 0.25) is 5.15 Å². The zero-order valence-electron chi connectivity index (χ0n) is 10.4. The lowest BCUT2D eigenvalue weighted by atomic mass is 10.2. The Kier molecular flexibility index (Phi) is 4.28. The molecule has 2 aromatic heterocycles. The number of anilines is 1. The fourth-order valence-electron chi connectivity index (χ4n) is 1.49. The highest BCUT2D eigenvalue weighted by molar-refractivity contribution is 7.94. The van der Waals surface area contributed by atoms with Gasteiger partial charge in [0.15, 0.2) is 0 Å². The molecule has 8 heteroatoms. The van der Waals surface area contributed by atoms with E-state index in [0.717, 1.165) is 11.3 Å². The molecule has 1 N–H and O–H groups in total. The zero-order valence-corrected chi connectivity index (χ0v) is 12.8. The van der Waals surface area contributed by atoms with Crippen molar-refractivity contribution in [2.45, 2.75) is 17.6 Å². The summed E-state index contributed by atoms with van der Waals surface area (Å²) in [7, 11) is -3.71. The van der Waals surface area contributed by atoms with Crippen LogP contribution in [-0.2, 0) is 16.4 Å². The molecule has 0 saturated heterocycles. The zero-order chi connectivity index (χ0) is 14.8. The van der Waals surface area contributed by atoms with Crippen molar-refractivity contribution in [3.63, 3.8) is 0 Å². The summed E-state index contributed by atoms with van der Waals surface area (Å²) in [5.74, 6) is 0. The van der Waals surface area contributed by atoms with Crippen molar-refractivity contribution in [1.29, 1.82) is 5.26 Å². The quantitative estimate of drug-likeness (QED) is 0.875. The van der Waals surface area contributed by atoms with Crippen molar-refractivity contribution in [2.75, 3.05) is 4.72 Å². The van der Waals surface area contributed by atoms with E-state index in [1.807, 2.05) is 13.0 Å². The van der Waals surface area contributed by atoms with Crippen LogP contribution in [-0.4, -0.2) is 13.4 Å². The number of nitrogens with zero attached hydrogens (tertiary/aromatic N) is 2. The fraction of sp³-hybridized carbons (Fsp3) is 0.167. The SMILES string of the molecule is CCc1ccc(S(=O)(=O)Nc2cnc(Cl)cc2C#N)s1. The van der Waals surface area contributed by atoms with Gasteiger partial charge in [0.05, 0.1) is 17.4 Å². The molecule has 0 unspecified atom stereocenters. The molecular formula is C12H10ClN3O2S2. The van der Waals surface area contributed by atoms with E-state index in [0.29, 0.717) is 0 Å². The topological polar surface area (TPSA) is 82.8 Å². The van der Waals surface area contributed by atoms with Gasteiger partial charge in [0.25, 0.3) is 10.0 Å². The first kappa shape index (κ1) is 14.8. The van der Waals surface area contributed by atoms with Crippen molar-refractivity contribution in [3.8, 4) is 6.07 Å². The maximum Gasteiger partial charge on any atom is 0.271 e. The average molecular weight is 328 g/mol. The Balaban J connectivity index is 2.36. The Labute approximate surface area is 125 Å². The molecule has 2 heterocycles. The molecular weight excluding hydrogens is 318 g/mol. The third-order valence-corrected chi connectivity index (χ3v) is 5.78. The van der Waals surface area contributed by atoms with E-state index >= 15 is 0 Å². The van der Waals surface area contributed by atoms with Gasteiger partial charge in [0.1, 0.15) is 15.4 Å². The van der Waals surface area contributed by atoms with Gasteiger partial charge >= 0.3 is 0 Å². The minimum Gasteiger partial charge on any atom is -0.276 e. The lowest BCUT2D eigenvalue weighted by molar-refractivity contribution is 0.603. The molecule has 0 aliphatic carbocycles. The largest absolute Gasteiger partial charge is 0.276 e. The average Bonchev–Trinajstić information content (AvgIpc) is 2.90.